The molecule has 0 aromatic carbocycles. The van der Waals surface area contributed by atoms with E-state index in [0.29, 0.717) is 5.75 Å². The van der Waals surface area contributed by atoms with Crippen LogP contribution in [0.4, 0.5) is 0 Å². The highest BCUT2D eigenvalue weighted by Gasteiger charge is 2.14. The van der Waals surface area contributed by atoms with Gasteiger partial charge in [0.15, 0.2) is 0 Å². The van der Waals surface area contributed by atoms with Crippen LogP contribution in [0.2, 0.25) is 0 Å². The molecule has 2 aromatic rings. The molecule has 0 radical (unpaired) electrons. The van der Waals surface area contributed by atoms with Gasteiger partial charge in [0.1, 0.15) is 11.4 Å². The van der Waals surface area contributed by atoms with Crippen molar-refractivity contribution in [2.45, 2.75) is 6.04 Å². The number of ether oxygens (including phenoxy) is 1. The summed E-state index contributed by atoms with van der Waals surface area (Å²) < 4.78 is 5.23. The van der Waals surface area contributed by atoms with E-state index in [9.17, 15) is 0 Å². The zero-order valence-corrected chi connectivity index (χ0v) is 9.00. The van der Waals surface area contributed by atoms with E-state index in [1.807, 2.05) is 24.3 Å². The smallest absolute Gasteiger partial charge is 0.142 e. The summed E-state index contributed by atoms with van der Waals surface area (Å²) in [6, 6.07) is 7.13. The minimum Gasteiger partial charge on any atom is -0.495 e. The van der Waals surface area contributed by atoms with E-state index in [1.54, 1.807) is 25.7 Å². The third-order valence-electron chi connectivity index (χ3n) is 2.38. The van der Waals surface area contributed by atoms with Gasteiger partial charge in [0.25, 0.3) is 0 Å². The van der Waals surface area contributed by atoms with Gasteiger partial charge in [-0.15, -0.1) is 0 Å². The first kappa shape index (κ1) is 10.6. The van der Waals surface area contributed by atoms with Gasteiger partial charge in [0.2, 0.25) is 0 Å². The van der Waals surface area contributed by atoms with E-state index in [4.69, 9.17) is 10.5 Å². The largest absolute Gasteiger partial charge is 0.495 e. The number of rotatable bonds is 3. The molecule has 82 valence electrons. The van der Waals surface area contributed by atoms with Crippen LogP contribution in [-0.4, -0.2) is 17.1 Å². The fourth-order valence-corrected chi connectivity index (χ4v) is 1.54. The second-order valence-corrected chi connectivity index (χ2v) is 3.35. The molecule has 0 amide bonds. The standard InChI is InChI=1S/C12H13N3O/c1-16-10-3-2-6-15-12(10)11(13)9-4-7-14-8-5-9/h2-8,11H,13H2,1H3. The average molecular weight is 215 g/mol. The molecule has 4 nitrogen and oxygen atoms in total. The maximum absolute atomic E-state index is 6.12. The molecule has 0 aliphatic heterocycles. The molecule has 0 saturated carbocycles. The molecular formula is C12H13N3O. The molecular weight excluding hydrogens is 202 g/mol. The average Bonchev–Trinajstić information content (AvgIpc) is 2.39. The minimum absolute atomic E-state index is 0.292. The van der Waals surface area contributed by atoms with E-state index in [-0.39, 0.29) is 6.04 Å². The van der Waals surface area contributed by atoms with Crippen molar-refractivity contribution in [3.05, 3.63) is 54.1 Å². The lowest BCUT2D eigenvalue weighted by molar-refractivity contribution is 0.404. The lowest BCUT2D eigenvalue weighted by Gasteiger charge is -2.14. The third kappa shape index (κ3) is 2.01. The highest BCUT2D eigenvalue weighted by atomic mass is 16.5. The van der Waals surface area contributed by atoms with Gasteiger partial charge in [-0.2, -0.15) is 0 Å². The summed E-state index contributed by atoms with van der Waals surface area (Å²) in [7, 11) is 1.61. The van der Waals surface area contributed by atoms with Crippen molar-refractivity contribution in [3.63, 3.8) is 0 Å². The maximum atomic E-state index is 6.12. The summed E-state index contributed by atoms with van der Waals surface area (Å²) in [5, 5.41) is 0. The topological polar surface area (TPSA) is 61.0 Å². The van der Waals surface area contributed by atoms with Crippen LogP contribution in [0.25, 0.3) is 0 Å². The van der Waals surface area contributed by atoms with Crippen LogP contribution in [0.1, 0.15) is 17.3 Å². The van der Waals surface area contributed by atoms with Gasteiger partial charge < -0.3 is 10.5 Å². The predicted molar refractivity (Wildman–Crippen MR) is 61.1 cm³/mol. The van der Waals surface area contributed by atoms with Crippen LogP contribution >= 0.6 is 0 Å². The minimum atomic E-state index is -0.292. The van der Waals surface area contributed by atoms with Crippen LogP contribution in [0.3, 0.4) is 0 Å². The van der Waals surface area contributed by atoms with Crippen LogP contribution in [0, 0.1) is 0 Å². The Labute approximate surface area is 94.1 Å². The Balaban J connectivity index is 2.37. The number of aromatic nitrogens is 2. The molecule has 2 aromatic heterocycles. The fourth-order valence-electron chi connectivity index (χ4n) is 1.54. The van der Waals surface area contributed by atoms with E-state index in [1.165, 1.54) is 0 Å². The van der Waals surface area contributed by atoms with E-state index in [0.717, 1.165) is 11.3 Å². The summed E-state index contributed by atoms with van der Waals surface area (Å²) >= 11 is 0. The van der Waals surface area contributed by atoms with Crippen molar-refractivity contribution in [2.75, 3.05) is 7.11 Å². The number of pyridine rings is 2. The van der Waals surface area contributed by atoms with Crippen molar-refractivity contribution in [2.24, 2.45) is 5.73 Å². The fraction of sp³-hybridized carbons (Fsp3) is 0.167. The Bertz CT molecular complexity index is 459. The molecule has 4 heteroatoms. The second kappa shape index (κ2) is 4.72. The summed E-state index contributed by atoms with van der Waals surface area (Å²) in [6.45, 7) is 0. The van der Waals surface area contributed by atoms with Gasteiger partial charge in [-0.05, 0) is 29.8 Å². The Morgan fingerprint density at radius 2 is 1.94 bits per heavy atom. The molecule has 0 saturated heterocycles. The maximum Gasteiger partial charge on any atom is 0.142 e. The van der Waals surface area contributed by atoms with Crippen molar-refractivity contribution in [1.29, 1.82) is 0 Å². The molecule has 0 fully saturated rings. The summed E-state index contributed by atoms with van der Waals surface area (Å²) in [6.07, 6.45) is 5.13. The van der Waals surface area contributed by atoms with Gasteiger partial charge >= 0.3 is 0 Å². The van der Waals surface area contributed by atoms with Crippen LogP contribution < -0.4 is 10.5 Å². The lowest BCUT2D eigenvalue weighted by Crippen LogP contribution is -2.14. The molecule has 2 heterocycles. The van der Waals surface area contributed by atoms with Crippen LogP contribution in [-0.2, 0) is 0 Å². The highest BCUT2D eigenvalue weighted by molar-refractivity contribution is 5.35. The molecule has 1 unspecified atom stereocenters. The SMILES string of the molecule is COc1cccnc1C(N)c1ccncc1. The van der Waals surface area contributed by atoms with E-state index < -0.39 is 0 Å². The first-order chi connectivity index (χ1) is 7.83. The van der Waals surface area contributed by atoms with Gasteiger partial charge in [-0.3, -0.25) is 9.97 Å². The van der Waals surface area contributed by atoms with Gasteiger partial charge in [-0.25, -0.2) is 0 Å². The van der Waals surface area contributed by atoms with Gasteiger partial charge in [-0.1, -0.05) is 0 Å². The van der Waals surface area contributed by atoms with E-state index >= 15 is 0 Å². The van der Waals surface area contributed by atoms with Crippen molar-refractivity contribution >= 4 is 0 Å². The van der Waals surface area contributed by atoms with E-state index in [2.05, 4.69) is 9.97 Å². The number of hydrogen-bond acceptors (Lipinski definition) is 4. The molecule has 2 N–H and O–H groups in total. The molecule has 1 atom stereocenters. The van der Waals surface area contributed by atoms with Gasteiger partial charge in [0.05, 0.1) is 13.2 Å². The third-order valence-corrected chi connectivity index (χ3v) is 2.38. The van der Waals surface area contributed by atoms with Crippen LogP contribution in [0.5, 0.6) is 5.75 Å². The predicted octanol–water partition coefficient (Wildman–Crippen LogP) is 1.53. The second-order valence-electron chi connectivity index (χ2n) is 3.35. The Morgan fingerprint density at radius 1 is 1.19 bits per heavy atom. The molecule has 0 spiro atoms. The quantitative estimate of drug-likeness (QED) is 0.843. The first-order valence-electron chi connectivity index (χ1n) is 4.97. The van der Waals surface area contributed by atoms with Gasteiger partial charge in [0, 0.05) is 18.6 Å². The Hall–Kier alpha value is -1.94. The molecule has 0 aliphatic carbocycles. The number of nitrogens with two attached hydrogens (primary N) is 1. The molecule has 0 bridgehead atoms. The highest BCUT2D eigenvalue weighted by Crippen LogP contribution is 2.25. The Kier molecular flexibility index (Phi) is 3.12. The molecule has 0 aliphatic rings. The summed E-state index contributed by atoms with van der Waals surface area (Å²) in [5.74, 6) is 0.701. The van der Waals surface area contributed by atoms with Crippen molar-refractivity contribution in [1.82, 2.24) is 9.97 Å². The zero-order valence-electron chi connectivity index (χ0n) is 9.00. The number of hydrogen-bond donors (Lipinski definition) is 1. The monoisotopic (exact) mass is 215 g/mol. The first-order valence-corrected chi connectivity index (χ1v) is 4.97. The number of methoxy groups -OCH3 is 1. The zero-order chi connectivity index (χ0) is 11.4. The van der Waals surface area contributed by atoms with Crippen LogP contribution in [0.15, 0.2) is 42.9 Å². The molecule has 16 heavy (non-hydrogen) atoms. The van der Waals surface area contributed by atoms with Crippen molar-refractivity contribution < 1.29 is 4.74 Å². The number of nitrogens with zero attached hydrogens (tertiary/aromatic N) is 2. The summed E-state index contributed by atoms with van der Waals surface area (Å²) in [5.41, 5.74) is 7.82. The summed E-state index contributed by atoms with van der Waals surface area (Å²) in [4.78, 5) is 8.21. The lowest BCUT2D eigenvalue weighted by atomic mass is 10.1. The van der Waals surface area contributed by atoms with Crippen molar-refractivity contribution in [3.8, 4) is 5.75 Å². The molecule has 2 rings (SSSR count). The normalized spacial score (nSPS) is 12.1. The Morgan fingerprint density at radius 3 is 2.62 bits per heavy atom.